The summed E-state index contributed by atoms with van der Waals surface area (Å²) in [6, 6.07) is 12.8. The van der Waals surface area contributed by atoms with Gasteiger partial charge in [0.2, 0.25) is 10.0 Å². The third-order valence-corrected chi connectivity index (χ3v) is 7.31. The number of aryl methyl sites for hydroxylation is 2. The molecule has 0 atom stereocenters. The largest absolute Gasteiger partial charge is 0.308 e. The van der Waals surface area contributed by atoms with Crippen LogP contribution in [0.4, 0.5) is 5.69 Å². The van der Waals surface area contributed by atoms with E-state index in [1.165, 1.54) is 0 Å². The summed E-state index contributed by atoms with van der Waals surface area (Å²) in [5.41, 5.74) is 3.53. The number of carbonyl (C=O) groups excluding carboxylic acids is 1. The molecule has 4 rings (SSSR count). The fourth-order valence-electron chi connectivity index (χ4n) is 3.87. The van der Waals surface area contributed by atoms with E-state index in [1.807, 2.05) is 31.2 Å². The number of sulfonamides is 1. The Hall–Kier alpha value is -2.18. The van der Waals surface area contributed by atoms with E-state index >= 15 is 0 Å². The smallest absolute Gasteiger partial charge is 0.258 e. The van der Waals surface area contributed by atoms with Gasteiger partial charge in [0.25, 0.3) is 5.91 Å². The average Bonchev–Trinajstić information content (AvgIpc) is 3.23. The van der Waals surface area contributed by atoms with Crippen molar-refractivity contribution in [2.45, 2.75) is 37.5 Å². The van der Waals surface area contributed by atoms with Crippen molar-refractivity contribution in [3.63, 3.8) is 0 Å². The van der Waals surface area contributed by atoms with Crippen LogP contribution >= 0.6 is 0 Å². The molecule has 0 spiro atoms. The van der Waals surface area contributed by atoms with Gasteiger partial charge in [0.05, 0.1) is 4.90 Å². The summed E-state index contributed by atoms with van der Waals surface area (Å²) in [6.07, 6.45) is 3.46. The number of anilines is 1. The summed E-state index contributed by atoms with van der Waals surface area (Å²) in [5.74, 6) is -0.0360. The molecule has 0 N–H and O–H groups in total. The lowest BCUT2D eigenvalue weighted by molar-refractivity contribution is 0.0985. The Labute approximate surface area is 160 Å². The number of amides is 1. The summed E-state index contributed by atoms with van der Waals surface area (Å²) < 4.78 is 27.2. The summed E-state index contributed by atoms with van der Waals surface area (Å²) in [6.45, 7) is 3.83. The molecule has 2 heterocycles. The number of carbonyl (C=O) groups is 1. The topological polar surface area (TPSA) is 57.7 Å². The molecule has 0 aliphatic carbocycles. The molecule has 1 amide bonds. The van der Waals surface area contributed by atoms with Crippen molar-refractivity contribution in [2.24, 2.45) is 0 Å². The van der Waals surface area contributed by atoms with Crippen molar-refractivity contribution < 1.29 is 13.2 Å². The van der Waals surface area contributed by atoms with Crippen LogP contribution in [0.1, 0.15) is 40.7 Å². The first-order chi connectivity index (χ1) is 13.0. The zero-order valence-corrected chi connectivity index (χ0v) is 16.3. The van der Waals surface area contributed by atoms with Gasteiger partial charge in [-0.1, -0.05) is 17.7 Å². The lowest BCUT2D eigenvalue weighted by Crippen LogP contribution is -2.35. The minimum absolute atomic E-state index is 0.0360. The fourth-order valence-corrected chi connectivity index (χ4v) is 5.44. The normalized spacial score (nSPS) is 17.7. The van der Waals surface area contributed by atoms with Crippen molar-refractivity contribution >= 4 is 21.6 Å². The van der Waals surface area contributed by atoms with Gasteiger partial charge in [-0.3, -0.25) is 4.79 Å². The summed E-state index contributed by atoms with van der Waals surface area (Å²) in [4.78, 5) is 15.1. The van der Waals surface area contributed by atoms with E-state index in [1.54, 1.807) is 27.4 Å². The second-order valence-corrected chi connectivity index (χ2v) is 9.27. The number of nitrogens with zero attached hydrogens (tertiary/aromatic N) is 2. The van der Waals surface area contributed by atoms with Crippen molar-refractivity contribution in [3.8, 4) is 0 Å². The van der Waals surface area contributed by atoms with Gasteiger partial charge in [0.1, 0.15) is 0 Å². The van der Waals surface area contributed by atoms with Gasteiger partial charge in [-0.25, -0.2) is 8.42 Å². The monoisotopic (exact) mass is 384 g/mol. The Morgan fingerprint density at radius 3 is 2.33 bits per heavy atom. The molecule has 0 bridgehead atoms. The van der Waals surface area contributed by atoms with Crippen molar-refractivity contribution in [1.82, 2.24) is 4.31 Å². The SMILES string of the molecule is Cc1ccc(C(=O)N2CCCc3cc(S(=O)(=O)N4CCCC4)ccc32)cc1. The highest BCUT2D eigenvalue weighted by molar-refractivity contribution is 7.89. The van der Waals surface area contributed by atoms with Crippen LogP contribution in [0.15, 0.2) is 47.4 Å². The summed E-state index contributed by atoms with van der Waals surface area (Å²) >= 11 is 0. The van der Waals surface area contributed by atoms with Crippen LogP contribution in [0.2, 0.25) is 0 Å². The molecule has 6 heteroatoms. The maximum Gasteiger partial charge on any atom is 0.258 e. The highest BCUT2D eigenvalue weighted by Crippen LogP contribution is 2.32. The first-order valence-corrected chi connectivity index (χ1v) is 10.9. The predicted octanol–water partition coefficient (Wildman–Crippen LogP) is 3.37. The van der Waals surface area contributed by atoms with Gasteiger partial charge < -0.3 is 4.90 Å². The number of hydrogen-bond acceptors (Lipinski definition) is 3. The van der Waals surface area contributed by atoms with E-state index in [4.69, 9.17) is 0 Å². The summed E-state index contributed by atoms with van der Waals surface area (Å²) in [5, 5.41) is 0. The van der Waals surface area contributed by atoms with Gasteiger partial charge in [-0.2, -0.15) is 4.31 Å². The lowest BCUT2D eigenvalue weighted by Gasteiger charge is -2.30. The maximum absolute atomic E-state index is 13.0. The lowest BCUT2D eigenvalue weighted by atomic mass is 10.0. The van der Waals surface area contributed by atoms with Crippen molar-refractivity contribution in [1.29, 1.82) is 0 Å². The van der Waals surface area contributed by atoms with Crippen molar-refractivity contribution in [2.75, 3.05) is 24.5 Å². The highest BCUT2D eigenvalue weighted by Gasteiger charge is 2.30. The Morgan fingerprint density at radius 1 is 0.926 bits per heavy atom. The molecule has 27 heavy (non-hydrogen) atoms. The quantitative estimate of drug-likeness (QED) is 0.815. The van der Waals surface area contributed by atoms with Crippen LogP contribution in [0.3, 0.4) is 0 Å². The molecule has 2 aromatic rings. The molecule has 0 unspecified atom stereocenters. The highest BCUT2D eigenvalue weighted by atomic mass is 32.2. The molecule has 2 aromatic carbocycles. The van der Waals surface area contributed by atoms with Gasteiger partial charge in [0.15, 0.2) is 0 Å². The molecule has 2 aliphatic heterocycles. The van der Waals surface area contributed by atoms with Gasteiger partial charge in [-0.05, 0) is 68.5 Å². The van der Waals surface area contributed by atoms with Crippen LogP contribution in [-0.4, -0.2) is 38.3 Å². The predicted molar refractivity (Wildman–Crippen MR) is 106 cm³/mol. The van der Waals surface area contributed by atoms with Gasteiger partial charge in [-0.15, -0.1) is 0 Å². The minimum Gasteiger partial charge on any atom is -0.308 e. The van der Waals surface area contributed by atoms with Crippen LogP contribution in [0.5, 0.6) is 0 Å². The molecule has 1 saturated heterocycles. The van der Waals surface area contributed by atoms with E-state index in [-0.39, 0.29) is 5.91 Å². The zero-order valence-electron chi connectivity index (χ0n) is 15.5. The average molecular weight is 385 g/mol. The van der Waals surface area contributed by atoms with E-state index < -0.39 is 10.0 Å². The van der Waals surface area contributed by atoms with Crippen LogP contribution in [0.25, 0.3) is 0 Å². The Bertz CT molecular complexity index is 961. The molecular weight excluding hydrogens is 360 g/mol. The number of fused-ring (bicyclic) bond motifs is 1. The number of rotatable bonds is 3. The van der Waals surface area contributed by atoms with E-state index in [2.05, 4.69) is 0 Å². The number of benzene rings is 2. The second-order valence-electron chi connectivity index (χ2n) is 7.33. The fraction of sp³-hybridized carbons (Fsp3) is 0.381. The molecule has 5 nitrogen and oxygen atoms in total. The molecule has 142 valence electrons. The van der Waals surface area contributed by atoms with Crippen molar-refractivity contribution in [3.05, 3.63) is 59.2 Å². The second kappa shape index (κ2) is 7.09. The Kier molecular flexibility index (Phi) is 4.78. The summed E-state index contributed by atoms with van der Waals surface area (Å²) in [7, 11) is -3.44. The molecular formula is C21H24N2O3S. The van der Waals surface area contributed by atoms with Crippen LogP contribution in [0, 0.1) is 6.92 Å². The first-order valence-electron chi connectivity index (χ1n) is 9.48. The number of hydrogen-bond donors (Lipinski definition) is 0. The van der Waals surface area contributed by atoms with Gasteiger partial charge in [0, 0.05) is 30.9 Å². The zero-order chi connectivity index (χ0) is 19.0. The molecule has 0 radical (unpaired) electrons. The molecule has 1 fully saturated rings. The van der Waals surface area contributed by atoms with Crippen LogP contribution in [-0.2, 0) is 16.4 Å². The molecule has 0 saturated carbocycles. The molecule has 0 aromatic heterocycles. The standard InChI is InChI=1S/C21H24N2O3S/c1-16-6-8-17(9-7-16)21(24)23-14-4-5-18-15-19(10-11-20(18)23)27(25,26)22-12-2-3-13-22/h6-11,15H,2-5,12-14H2,1H3. The van der Waals surface area contributed by atoms with Gasteiger partial charge >= 0.3 is 0 Å². The van der Waals surface area contributed by atoms with Crippen LogP contribution < -0.4 is 4.90 Å². The first kappa shape index (κ1) is 18.2. The Balaban J connectivity index is 1.66. The van der Waals surface area contributed by atoms with E-state index in [9.17, 15) is 13.2 Å². The third kappa shape index (κ3) is 3.39. The Morgan fingerprint density at radius 2 is 1.63 bits per heavy atom. The maximum atomic E-state index is 13.0. The minimum atomic E-state index is -3.44. The third-order valence-electron chi connectivity index (χ3n) is 5.42. The van der Waals surface area contributed by atoms with E-state index in [0.717, 1.165) is 42.5 Å². The van der Waals surface area contributed by atoms with E-state index in [0.29, 0.717) is 30.1 Å². The molecule has 2 aliphatic rings.